The van der Waals surface area contributed by atoms with Gasteiger partial charge in [-0.25, -0.2) is 0 Å². The quantitative estimate of drug-likeness (QED) is 0.277. The summed E-state index contributed by atoms with van der Waals surface area (Å²) in [4.78, 5) is 9.92. The lowest BCUT2D eigenvalue weighted by Gasteiger charge is -2.41. The molecule has 2 unspecified atom stereocenters. The van der Waals surface area contributed by atoms with Gasteiger partial charge in [-0.15, -0.1) is 0 Å². The maximum Gasteiger partial charge on any atom is 0.242 e. The summed E-state index contributed by atoms with van der Waals surface area (Å²) >= 11 is 9.17. The van der Waals surface area contributed by atoms with Gasteiger partial charge in [0.1, 0.15) is 0 Å². The van der Waals surface area contributed by atoms with Gasteiger partial charge in [0.05, 0.1) is 5.60 Å². The zero-order chi connectivity index (χ0) is 15.8. The molecule has 0 saturated heterocycles. The predicted octanol–water partition coefficient (Wildman–Crippen LogP) is 6.24. The maximum atomic E-state index is 9.92. The maximum absolute atomic E-state index is 9.92. The Labute approximate surface area is 141 Å². The fourth-order valence-corrected chi connectivity index (χ4v) is 5.42. The molecule has 1 aliphatic rings. The van der Waals surface area contributed by atoms with Gasteiger partial charge in [0.15, 0.2) is 0 Å². The van der Waals surface area contributed by atoms with Gasteiger partial charge in [-0.05, 0) is 43.9 Å². The van der Waals surface area contributed by atoms with Crippen molar-refractivity contribution in [3.05, 3.63) is 0 Å². The minimum absolute atomic E-state index is 0.281. The van der Waals surface area contributed by atoms with Crippen LogP contribution in [0, 0.1) is 5.92 Å². The number of hydrogen-bond acceptors (Lipinski definition) is 2. The summed E-state index contributed by atoms with van der Waals surface area (Å²) in [5.41, 5.74) is -3.17. The Bertz CT molecular complexity index is 326. The van der Waals surface area contributed by atoms with Crippen LogP contribution in [0.3, 0.4) is 0 Å². The Morgan fingerprint density at radius 1 is 1.14 bits per heavy atom. The molecule has 0 aromatic heterocycles. The molecule has 1 saturated carbocycles. The Kier molecular flexibility index (Phi) is 9.44. The van der Waals surface area contributed by atoms with Crippen LogP contribution in [0.15, 0.2) is 0 Å². The van der Waals surface area contributed by atoms with Crippen LogP contribution < -0.4 is 0 Å². The highest BCUT2D eigenvalue weighted by atomic mass is 32.9. The number of rotatable bonds is 10. The fourth-order valence-electron chi connectivity index (χ4n) is 3.57. The second-order valence-electron chi connectivity index (χ2n) is 6.75. The third-order valence-corrected chi connectivity index (χ3v) is 5.95. The van der Waals surface area contributed by atoms with Gasteiger partial charge in [-0.1, -0.05) is 77.0 Å². The first-order valence-corrected chi connectivity index (χ1v) is 12.5. The standard InChI is InChI=1S/C16H33O2PS2/c1-3-4-5-6-7-11-14-16(2,18-19(17,20)21)15-12-9-8-10-13-15/h15H,3-14H2,1-2H3,(H2,17,20,21). The number of unbranched alkanes of at least 4 members (excludes halogenated alkanes) is 5. The topological polar surface area (TPSA) is 29.5 Å². The lowest BCUT2D eigenvalue weighted by atomic mass is 9.75. The van der Waals surface area contributed by atoms with Crippen LogP contribution >= 0.6 is 17.9 Å². The van der Waals surface area contributed by atoms with Gasteiger partial charge >= 0.3 is 0 Å². The van der Waals surface area contributed by atoms with E-state index in [0.717, 1.165) is 6.42 Å². The third kappa shape index (κ3) is 8.37. The van der Waals surface area contributed by atoms with E-state index >= 15 is 0 Å². The average Bonchev–Trinajstić information content (AvgIpc) is 2.42. The lowest BCUT2D eigenvalue weighted by Crippen LogP contribution is -2.37. The van der Waals surface area contributed by atoms with Gasteiger partial charge < -0.3 is 9.42 Å². The van der Waals surface area contributed by atoms with E-state index in [2.05, 4.69) is 26.1 Å². The molecule has 0 radical (unpaired) electrons. The molecule has 0 aromatic carbocycles. The third-order valence-electron chi connectivity index (χ3n) is 4.82. The molecule has 1 rings (SSSR count). The van der Waals surface area contributed by atoms with Crippen molar-refractivity contribution in [2.75, 3.05) is 0 Å². The number of thiol groups is 1. The predicted molar refractivity (Wildman–Crippen MR) is 99.5 cm³/mol. The van der Waals surface area contributed by atoms with Gasteiger partial charge in [0.2, 0.25) is 5.69 Å². The first-order valence-electron chi connectivity index (χ1n) is 8.64. The summed E-state index contributed by atoms with van der Waals surface area (Å²) in [6, 6.07) is 0. The minimum Gasteiger partial charge on any atom is -0.338 e. The SMILES string of the molecule is CCCCCCCCC(C)(OP(O)(=S)S)C1CCCCC1. The molecule has 1 aliphatic carbocycles. The molecule has 2 nitrogen and oxygen atoms in total. The molecule has 0 spiro atoms. The van der Waals surface area contributed by atoms with Crippen LogP contribution in [-0.2, 0) is 16.3 Å². The van der Waals surface area contributed by atoms with Gasteiger partial charge in [-0.3, -0.25) is 0 Å². The molecule has 0 bridgehead atoms. The van der Waals surface area contributed by atoms with Crippen molar-refractivity contribution in [1.29, 1.82) is 0 Å². The molecule has 0 amide bonds. The van der Waals surface area contributed by atoms with Gasteiger partial charge in [0, 0.05) is 0 Å². The molecule has 5 heteroatoms. The minimum atomic E-state index is -2.89. The normalized spacial score (nSPS) is 22.7. The van der Waals surface area contributed by atoms with Crippen molar-refractivity contribution >= 4 is 29.7 Å². The Morgan fingerprint density at radius 2 is 1.71 bits per heavy atom. The van der Waals surface area contributed by atoms with Crippen LogP contribution in [0.1, 0.15) is 90.9 Å². The van der Waals surface area contributed by atoms with Crippen LogP contribution in [0.25, 0.3) is 0 Å². The summed E-state index contributed by atoms with van der Waals surface area (Å²) in [5, 5.41) is 0. The molecule has 1 N–H and O–H groups in total. The van der Waals surface area contributed by atoms with Crippen molar-refractivity contribution < 1.29 is 9.42 Å². The molecular weight excluding hydrogens is 319 g/mol. The second kappa shape index (κ2) is 9.93. The van der Waals surface area contributed by atoms with Gasteiger partial charge in [-0.2, -0.15) is 0 Å². The zero-order valence-corrected chi connectivity index (χ0v) is 16.3. The molecule has 2 atom stereocenters. The van der Waals surface area contributed by atoms with E-state index in [1.165, 1.54) is 70.6 Å². The van der Waals surface area contributed by atoms with E-state index < -0.39 is 5.69 Å². The van der Waals surface area contributed by atoms with E-state index in [-0.39, 0.29) is 5.60 Å². The van der Waals surface area contributed by atoms with E-state index in [9.17, 15) is 4.89 Å². The van der Waals surface area contributed by atoms with Crippen molar-refractivity contribution in [3.63, 3.8) is 0 Å². The summed E-state index contributed by atoms with van der Waals surface area (Å²) in [5.74, 6) is 0.531. The van der Waals surface area contributed by atoms with Gasteiger partial charge in [0.25, 0.3) is 0 Å². The highest BCUT2D eigenvalue weighted by Crippen LogP contribution is 2.55. The first kappa shape index (κ1) is 20.0. The van der Waals surface area contributed by atoms with Crippen LogP contribution in [-0.4, -0.2) is 10.5 Å². The number of hydrogen-bond donors (Lipinski definition) is 2. The fraction of sp³-hybridized carbons (Fsp3) is 1.00. The van der Waals surface area contributed by atoms with Crippen molar-refractivity contribution in [3.8, 4) is 0 Å². The van der Waals surface area contributed by atoms with E-state index in [0.29, 0.717) is 5.92 Å². The molecule has 1 fully saturated rings. The Morgan fingerprint density at radius 3 is 2.29 bits per heavy atom. The van der Waals surface area contributed by atoms with E-state index in [1.54, 1.807) is 0 Å². The van der Waals surface area contributed by atoms with Crippen LogP contribution in [0.2, 0.25) is 0 Å². The molecule has 0 aliphatic heterocycles. The van der Waals surface area contributed by atoms with Crippen molar-refractivity contribution in [2.24, 2.45) is 5.92 Å². The molecule has 0 heterocycles. The zero-order valence-electron chi connectivity index (χ0n) is 13.7. The van der Waals surface area contributed by atoms with Crippen molar-refractivity contribution in [1.82, 2.24) is 0 Å². The average molecular weight is 353 g/mol. The lowest BCUT2D eigenvalue weighted by molar-refractivity contribution is 0.00300. The summed E-state index contributed by atoms with van der Waals surface area (Å²) < 4.78 is 5.94. The highest BCUT2D eigenvalue weighted by molar-refractivity contribution is 8.59. The van der Waals surface area contributed by atoms with Crippen LogP contribution in [0.5, 0.6) is 0 Å². The summed E-state index contributed by atoms with van der Waals surface area (Å²) in [6.07, 6.45) is 15.0. The van der Waals surface area contributed by atoms with E-state index in [4.69, 9.17) is 16.3 Å². The summed E-state index contributed by atoms with van der Waals surface area (Å²) in [6.45, 7) is 4.40. The smallest absolute Gasteiger partial charge is 0.242 e. The molecular formula is C16H33O2PS2. The Balaban J connectivity index is 2.49. The monoisotopic (exact) mass is 352 g/mol. The largest absolute Gasteiger partial charge is 0.338 e. The summed E-state index contributed by atoms with van der Waals surface area (Å²) in [7, 11) is 0. The van der Waals surface area contributed by atoms with Crippen LogP contribution in [0.4, 0.5) is 0 Å². The molecule has 126 valence electrons. The first-order chi connectivity index (χ1) is 9.87. The molecule has 0 aromatic rings. The van der Waals surface area contributed by atoms with Crippen molar-refractivity contribution in [2.45, 2.75) is 96.5 Å². The highest BCUT2D eigenvalue weighted by Gasteiger charge is 2.38. The van der Waals surface area contributed by atoms with E-state index in [1.807, 2.05) is 0 Å². The molecule has 21 heavy (non-hydrogen) atoms. The second-order valence-corrected chi connectivity index (χ2v) is 11.8. The Hall–Kier alpha value is 0.920.